The highest BCUT2D eigenvalue weighted by Gasteiger charge is 2.13. The van der Waals surface area contributed by atoms with Gasteiger partial charge in [0.2, 0.25) is 0 Å². The molecule has 0 aliphatic rings. The van der Waals surface area contributed by atoms with Gasteiger partial charge in [0, 0.05) is 30.2 Å². The second-order valence-electron chi connectivity index (χ2n) is 4.33. The molecule has 1 atom stereocenters. The molecule has 0 fully saturated rings. The highest BCUT2D eigenvalue weighted by atomic mass is 16.6. The smallest absolute Gasteiger partial charge is 0.270 e. The molecular weight excluding hydrogens is 244 g/mol. The summed E-state index contributed by atoms with van der Waals surface area (Å²) >= 11 is 0. The number of aromatic amines is 1. The molecule has 3 N–H and O–H groups in total. The van der Waals surface area contributed by atoms with Crippen LogP contribution in [0, 0.1) is 10.1 Å². The van der Waals surface area contributed by atoms with Gasteiger partial charge in [0.05, 0.1) is 16.8 Å². The molecule has 0 saturated carbocycles. The maximum Gasteiger partial charge on any atom is 0.270 e. The number of H-pyrrole nitrogens is 1. The van der Waals surface area contributed by atoms with Crippen molar-refractivity contribution in [1.82, 2.24) is 9.97 Å². The first kappa shape index (κ1) is 13.2. The van der Waals surface area contributed by atoms with Gasteiger partial charge in [-0.15, -0.1) is 0 Å². The van der Waals surface area contributed by atoms with E-state index in [1.54, 1.807) is 12.3 Å². The number of benzene rings is 1. The Morgan fingerprint density at radius 1 is 1.53 bits per heavy atom. The minimum atomic E-state index is -0.407. The van der Waals surface area contributed by atoms with Gasteiger partial charge in [-0.05, 0) is 6.42 Å². The molecule has 1 heterocycles. The van der Waals surface area contributed by atoms with E-state index in [2.05, 4.69) is 9.97 Å². The molecule has 0 spiro atoms. The number of nitrogens with zero attached hydrogens (tertiary/aromatic N) is 2. The van der Waals surface area contributed by atoms with Crippen molar-refractivity contribution in [2.75, 3.05) is 6.54 Å². The molecule has 1 unspecified atom stereocenters. The normalized spacial score (nSPS) is 12.3. The quantitative estimate of drug-likeness (QED) is 0.637. The van der Waals surface area contributed by atoms with Crippen LogP contribution in [0.5, 0.6) is 0 Å². The molecule has 6 heteroatoms. The van der Waals surface area contributed by atoms with E-state index in [-0.39, 0.29) is 11.6 Å². The molecule has 0 aliphatic carbocycles. The number of non-ortho nitro benzene ring substituents is 1. The molecule has 6 nitrogen and oxygen atoms in total. The number of nitrogens with two attached hydrogens (primary N) is 1. The van der Waals surface area contributed by atoms with Gasteiger partial charge in [-0.25, -0.2) is 4.98 Å². The lowest BCUT2D eigenvalue weighted by Gasteiger charge is -2.07. The highest BCUT2D eigenvalue weighted by molar-refractivity contribution is 5.62. The van der Waals surface area contributed by atoms with Gasteiger partial charge in [-0.1, -0.05) is 19.1 Å². The molecule has 2 aromatic rings. The summed E-state index contributed by atoms with van der Waals surface area (Å²) in [6.07, 6.45) is 2.59. The van der Waals surface area contributed by atoms with Crippen LogP contribution in [0.15, 0.2) is 30.5 Å². The Balaban J connectivity index is 2.32. The van der Waals surface area contributed by atoms with Gasteiger partial charge in [-0.2, -0.15) is 0 Å². The van der Waals surface area contributed by atoms with Gasteiger partial charge in [-0.3, -0.25) is 10.1 Å². The number of imidazole rings is 1. The summed E-state index contributed by atoms with van der Waals surface area (Å²) in [6, 6.07) is 6.47. The van der Waals surface area contributed by atoms with Crippen molar-refractivity contribution >= 4 is 5.69 Å². The van der Waals surface area contributed by atoms with Crippen LogP contribution in [0.3, 0.4) is 0 Å². The number of aromatic nitrogens is 2. The van der Waals surface area contributed by atoms with Crippen molar-refractivity contribution < 1.29 is 4.92 Å². The summed E-state index contributed by atoms with van der Waals surface area (Å²) in [5.41, 5.74) is 7.27. The van der Waals surface area contributed by atoms with E-state index < -0.39 is 4.92 Å². The molecule has 100 valence electrons. The van der Waals surface area contributed by atoms with Crippen LogP contribution in [0.4, 0.5) is 5.69 Å². The molecule has 1 aromatic heterocycles. The van der Waals surface area contributed by atoms with E-state index in [4.69, 9.17) is 5.73 Å². The van der Waals surface area contributed by atoms with Gasteiger partial charge < -0.3 is 10.7 Å². The van der Waals surface area contributed by atoms with Crippen LogP contribution < -0.4 is 5.73 Å². The molecule has 19 heavy (non-hydrogen) atoms. The molecule has 0 bridgehead atoms. The second-order valence-corrected chi connectivity index (χ2v) is 4.33. The molecule has 0 saturated heterocycles. The van der Waals surface area contributed by atoms with E-state index in [1.165, 1.54) is 12.1 Å². The van der Waals surface area contributed by atoms with Gasteiger partial charge in [0.25, 0.3) is 5.69 Å². The average Bonchev–Trinajstić information content (AvgIpc) is 2.90. The lowest BCUT2D eigenvalue weighted by Crippen LogP contribution is -2.12. The maximum atomic E-state index is 10.8. The van der Waals surface area contributed by atoms with E-state index in [1.807, 2.05) is 13.0 Å². The lowest BCUT2D eigenvalue weighted by atomic mass is 10.1. The average molecular weight is 260 g/mol. The first-order chi connectivity index (χ1) is 9.15. The molecule has 0 radical (unpaired) electrons. The van der Waals surface area contributed by atoms with Crippen molar-refractivity contribution in [3.8, 4) is 11.3 Å². The van der Waals surface area contributed by atoms with Gasteiger partial charge >= 0.3 is 0 Å². The second kappa shape index (κ2) is 5.62. The standard InChI is InChI=1S/C13H16N4O2/c1-2-9(7-14)13-15-8-12(16-13)10-4-3-5-11(6-10)17(18)19/h3-6,8-9H,2,7,14H2,1H3,(H,15,16). The summed E-state index contributed by atoms with van der Waals surface area (Å²) in [5, 5.41) is 10.8. The molecule has 2 rings (SSSR count). The minimum Gasteiger partial charge on any atom is -0.342 e. The van der Waals surface area contributed by atoms with Gasteiger partial charge in [0.15, 0.2) is 0 Å². The van der Waals surface area contributed by atoms with Crippen LogP contribution in [-0.4, -0.2) is 21.4 Å². The third kappa shape index (κ3) is 2.79. The van der Waals surface area contributed by atoms with Crippen molar-refractivity contribution in [1.29, 1.82) is 0 Å². The number of nitro groups is 1. The van der Waals surface area contributed by atoms with E-state index in [9.17, 15) is 10.1 Å². The summed E-state index contributed by atoms with van der Waals surface area (Å²) in [6.45, 7) is 2.57. The summed E-state index contributed by atoms with van der Waals surface area (Å²) in [7, 11) is 0. The molecule has 0 amide bonds. The third-order valence-corrected chi connectivity index (χ3v) is 3.13. The number of nitro benzene ring substituents is 1. The Hall–Kier alpha value is -2.21. The SMILES string of the molecule is CCC(CN)c1ncc(-c2cccc([N+](=O)[O-])c2)[nH]1. The van der Waals surface area contributed by atoms with Crippen LogP contribution in [0.25, 0.3) is 11.3 Å². The molecule has 0 aliphatic heterocycles. The van der Waals surface area contributed by atoms with Crippen LogP contribution in [0.2, 0.25) is 0 Å². The Bertz CT molecular complexity index is 576. The van der Waals surface area contributed by atoms with Crippen LogP contribution >= 0.6 is 0 Å². The predicted octanol–water partition coefficient (Wildman–Crippen LogP) is 2.44. The van der Waals surface area contributed by atoms with Crippen molar-refractivity contribution in [2.24, 2.45) is 5.73 Å². The summed E-state index contributed by atoms with van der Waals surface area (Å²) in [5.74, 6) is 1.01. The Labute approximate surface area is 110 Å². The van der Waals surface area contributed by atoms with Crippen LogP contribution in [-0.2, 0) is 0 Å². The predicted molar refractivity (Wildman–Crippen MR) is 72.8 cm³/mol. The Morgan fingerprint density at radius 2 is 2.32 bits per heavy atom. The number of hydrogen-bond donors (Lipinski definition) is 2. The molecular formula is C13H16N4O2. The highest BCUT2D eigenvalue weighted by Crippen LogP contribution is 2.24. The largest absolute Gasteiger partial charge is 0.342 e. The van der Waals surface area contributed by atoms with Crippen molar-refractivity contribution in [2.45, 2.75) is 19.3 Å². The zero-order valence-corrected chi connectivity index (χ0v) is 10.7. The van der Waals surface area contributed by atoms with E-state index >= 15 is 0 Å². The fourth-order valence-electron chi connectivity index (χ4n) is 1.95. The molecule has 1 aromatic carbocycles. The fraction of sp³-hybridized carbons (Fsp3) is 0.308. The third-order valence-electron chi connectivity index (χ3n) is 3.13. The summed E-state index contributed by atoms with van der Waals surface area (Å²) in [4.78, 5) is 17.8. The van der Waals surface area contributed by atoms with Crippen molar-refractivity contribution in [3.05, 3.63) is 46.4 Å². The Morgan fingerprint density at radius 3 is 2.95 bits per heavy atom. The monoisotopic (exact) mass is 260 g/mol. The number of hydrogen-bond acceptors (Lipinski definition) is 4. The first-order valence-electron chi connectivity index (χ1n) is 6.15. The zero-order valence-electron chi connectivity index (χ0n) is 10.7. The zero-order chi connectivity index (χ0) is 13.8. The minimum absolute atomic E-state index is 0.0690. The van der Waals surface area contributed by atoms with E-state index in [0.717, 1.165) is 23.5 Å². The summed E-state index contributed by atoms with van der Waals surface area (Å²) < 4.78 is 0. The first-order valence-corrected chi connectivity index (χ1v) is 6.15. The van der Waals surface area contributed by atoms with Gasteiger partial charge in [0.1, 0.15) is 5.82 Å². The number of rotatable bonds is 5. The lowest BCUT2D eigenvalue weighted by molar-refractivity contribution is -0.384. The topological polar surface area (TPSA) is 97.8 Å². The van der Waals surface area contributed by atoms with Crippen LogP contribution in [0.1, 0.15) is 25.1 Å². The number of nitrogens with one attached hydrogen (secondary N) is 1. The van der Waals surface area contributed by atoms with E-state index in [0.29, 0.717) is 6.54 Å². The van der Waals surface area contributed by atoms with Crippen molar-refractivity contribution in [3.63, 3.8) is 0 Å². The Kier molecular flexibility index (Phi) is 3.91. The fourth-order valence-corrected chi connectivity index (χ4v) is 1.95. The maximum absolute atomic E-state index is 10.8.